The van der Waals surface area contributed by atoms with Crippen molar-refractivity contribution in [2.24, 2.45) is 0 Å². The van der Waals surface area contributed by atoms with Crippen molar-refractivity contribution >= 4 is 29.2 Å². The molecule has 1 atom stereocenters. The van der Waals surface area contributed by atoms with Crippen molar-refractivity contribution in [1.29, 1.82) is 0 Å². The summed E-state index contributed by atoms with van der Waals surface area (Å²) < 4.78 is 0.231. The Morgan fingerprint density at radius 2 is 2.17 bits per heavy atom. The normalized spacial score (nSPS) is 13.6. The van der Waals surface area contributed by atoms with Gasteiger partial charge in [0.15, 0.2) is 0 Å². The maximum absolute atomic E-state index is 6.00. The quantitative estimate of drug-likeness (QED) is 0.870. The van der Waals surface area contributed by atoms with E-state index in [9.17, 15) is 0 Å². The minimum atomic E-state index is 0.186. The van der Waals surface area contributed by atoms with Gasteiger partial charge in [-0.05, 0) is 12.6 Å². The second kappa shape index (κ2) is 6.64. The molecule has 0 bridgehead atoms. The Kier molecular flexibility index (Phi) is 5.76. The average Bonchev–Trinajstić information content (AvgIpc) is 2.26. The third-order valence-electron chi connectivity index (χ3n) is 2.43. The Hall–Kier alpha value is -0.450. The molecule has 0 fully saturated rings. The van der Waals surface area contributed by atoms with Gasteiger partial charge < -0.3 is 11.1 Å². The fraction of sp³-hybridized carbons (Fsp3) is 0.615. The van der Waals surface area contributed by atoms with E-state index in [0.717, 1.165) is 17.9 Å². The van der Waals surface area contributed by atoms with E-state index >= 15 is 0 Å². The van der Waals surface area contributed by atoms with Crippen molar-refractivity contribution in [3.63, 3.8) is 0 Å². The van der Waals surface area contributed by atoms with Gasteiger partial charge in [0.25, 0.3) is 0 Å². The van der Waals surface area contributed by atoms with Crippen LogP contribution in [0.4, 0.5) is 5.82 Å². The van der Waals surface area contributed by atoms with E-state index in [4.69, 9.17) is 17.3 Å². The lowest BCUT2D eigenvalue weighted by Gasteiger charge is -2.24. The zero-order valence-electron chi connectivity index (χ0n) is 11.5. The number of hydrogen-bond donors (Lipinski definition) is 2. The van der Waals surface area contributed by atoms with E-state index in [1.807, 2.05) is 17.8 Å². The molecule has 1 heterocycles. The number of aromatic nitrogens is 1. The first kappa shape index (κ1) is 15.6. The number of nitrogens with zero attached hydrogens (tertiary/aromatic N) is 1. The molecule has 0 saturated carbocycles. The second-order valence-electron chi connectivity index (χ2n) is 5.16. The van der Waals surface area contributed by atoms with Crippen LogP contribution < -0.4 is 11.1 Å². The van der Waals surface area contributed by atoms with Crippen molar-refractivity contribution < 1.29 is 0 Å². The average molecular weight is 288 g/mol. The molecule has 1 unspecified atom stereocenters. The summed E-state index contributed by atoms with van der Waals surface area (Å²) in [5.41, 5.74) is 6.93. The molecule has 18 heavy (non-hydrogen) atoms. The van der Waals surface area contributed by atoms with E-state index < -0.39 is 0 Å². The smallest absolute Gasteiger partial charge is 0.128 e. The van der Waals surface area contributed by atoms with Crippen LogP contribution in [0.25, 0.3) is 0 Å². The number of nitrogens with two attached hydrogens (primary N) is 1. The Labute approximate surface area is 119 Å². The topological polar surface area (TPSA) is 50.9 Å². The lowest BCUT2D eigenvalue weighted by molar-refractivity contribution is 0.603. The molecule has 0 amide bonds. The van der Waals surface area contributed by atoms with Gasteiger partial charge in [0.2, 0.25) is 0 Å². The number of thioether (sulfide) groups is 1. The molecule has 0 spiro atoms. The highest BCUT2D eigenvalue weighted by molar-refractivity contribution is 8.00. The Balaban J connectivity index is 2.86. The summed E-state index contributed by atoms with van der Waals surface area (Å²) >= 11 is 7.90. The molecule has 5 heteroatoms. The summed E-state index contributed by atoms with van der Waals surface area (Å²) in [4.78, 5) is 4.12. The van der Waals surface area contributed by atoms with Crippen molar-refractivity contribution in [3.05, 3.63) is 22.8 Å². The first-order chi connectivity index (χ1) is 8.33. The number of nitrogens with one attached hydrogen (secondary N) is 1. The molecule has 0 saturated heterocycles. The van der Waals surface area contributed by atoms with Crippen LogP contribution in [0.1, 0.15) is 39.3 Å². The van der Waals surface area contributed by atoms with Gasteiger partial charge in [-0.2, -0.15) is 11.8 Å². The second-order valence-corrected chi connectivity index (χ2v) is 7.44. The number of pyridine rings is 1. The van der Waals surface area contributed by atoms with E-state index in [2.05, 4.69) is 38.0 Å². The van der Waals surface area contributed by atoms with E-state index in [1.54, 1.807) is 6.20 Å². The van der Waals surface area contributed by atoms with Crippen LogP contribution in [-0.4, -0.2) is 22.0 Å². The van der Waals surface area contributed by atoms with Crippen molar-refractivity contribution in [2.75, 3.05) is 18.0 Å². The maximum Gasteiger partial charge on any atom is 0.128 e. The molecule has 1 aromatic rings. The fourth-order valence-electron chi connectivity index (χ4n) is 1.58. The van der Waals surface area contributed by atoms with Gasteiger partial charge in [-0.1, -0.05) is 39.3 Å². The molecule has 0 aliphatic heterocycles. The highest BCUT2D eigenvalue weighted by Crippen LogP contribution is 2.30. The predicted octanol–water partition coefficient (Wildman–Crippen LogP) is 3.50. The minimum Gasteiger partial charge on any atom is -0.383 e. The van der Waals surface area contributed by atoms with Gasteiger partial charge in [0.05, 0.1) is 5.02 Å². The SMILES string of the molecule is CCNC(CSC(C)(C)C)c1cc(Cl)cnc1N. The monoisotopic (exact) mass is 287 g/mol. The number of anilines is 1. The molecule has 0 aliphatic carbocycles. The zero-order chi connectivity index (χ0) is 13.8. The molecular weight excluding hydrogens is 266 g/mol. The number of nitrogen functional groups attached to an aromatic ring is 1. The van der Waals surface area contributed by atoms with Crippen LogP contribution in [0.3, 0.4) is 0 Å². The van der Waals surface area contributed by atoms with Gasteiger partial charge in [0, 0.05) is 28.3 Å². The van der Waals surface area contributed by atoms with Crippen LogP contribution >= 0.6 is 23.4 Å². The molecule has 3 nitrogen and oxygen atoms in total. The largest absolute Gasteiger partial charge is 0.383 e. The Morgan fingerprint density at radius 3 is 2.72 bits per heavy atom. The lowest BCUT2D eigenvalue weighted by Crippen LogP contribution is -2.26. The summed E-state index contributed by atoms with van der Waals surface area (Å²) in [7, 11) is 0. The van der Waals surface area contributed by atoms with Crippen molar-refractivity contribution in [2.45, 2.75) is 38.5 Å². The van der Waals surface area contributed by atoms with Gasteiger partial charge in [-0.25, -0.2) is 4.98 Å². The third-order valence-corrected chi connectivity index (χ3v) is 4.00. The van der Waals surface area contributed by atoms with Crippen LogP contribution in [-0.2, 0) is 0 Å². The van der Waals surface area contributed by atoms with Crippen LogP contribution in [0.5, 0.6) is 0 Å². The first-order valence-electron chi connectivity index (χ1n) is 6.11. The molecule has 102 valence electrons. The Bertz CT molecular complexity index is 390. The van der Waals surface area contributed by atoms with Crippen LogP contribution in [0.15, 0.2) is 12.3 Å². The molecule has 3 N–H and O–H groups in total. The van der Waals surface area contributed by atoms with Crippen molar-refractivity contribution in [3.8, 4) is 0 Å². The van der Waals surface area contributed by atoms with E-state index in [-0.39, 0.29) is 10.8 Å². The van der Waals surface area contributed by atoms with Gasteiger partial charge in [0.1, 0.15) is 5.82 Å². The lowest BCUT2D eigenvalue weighted by atomic mass is 10.1. The molecule has 0 aromatic carbocycles. The van der Waals surface area contributed by atoms with E-state index in [0.29, 0.717) is 10.8 Å². The Morgan fingerprint density at radius 1 is 1.50 bits per heavy atom. The highest BCUT2D eigenvalue weighted by atomic mass is 35.5. The molecule has 1 rings (SSSR count). The third kappa shape index (κ3) is 5.04. The molecular formula is C13H22ClN3S. The predicted molar refractivity (Wildman–Crippen MR) is 82.3 cm³/mol. The molecule has 0 aliphatic rings. The zero-order valence-corrected chi connectivity index (χ0v) is 13.0. The standard InChI is InChI=1S/C13H22ClN3S/c1-5-16-11(8-18-13(2,3)4)10-6-9(14)7-17-12(10)15/h6-7,11,16H,5,8H2,1-4H3,(H2,15,17). The fourth-order valence-corrected chi connectivity index (χ4v) is 2.71. The number of rotatable bonds is 5. The van der Waals surface area contributed by atoms with Crippen LogP contribution in [0, 0.1) is 0 Å². The van der Waals surface area contributed by atoms with Gasteiger partial charge in [-0.3, -0.25) is 0 Å². The maximum atomic E-state index is 6.00. The van der Waals surface area contributed by atoms with E-state index in [1.165, 1.54) is 0 Å². The summed E-state index contributed by atoms with van der Waals surface area (Å²) in [5, 5.41) is 4.07. The van der Waals surface area contributed by atoms with Gasteiger partial charge in [-0.15, -0.1) is 0 Å². The summed E-state index contributed by atoms with van der Waals surface area (Å²) in [6.45, 7) is 9.60. The number of hydrogen-bond acceptors (Lipinski definition) is 4. The summed E-state index contributed by atoms with van der Waals surface area (Å²) in [6.07, 6.45) is 1.58. The summed E-state index contributed by atoms with van der Waals surface area (Å²) in [5.74, 6) is 1.50. The van der Waals surface area contributed by atoms with Gasteiger partial charge >= 0.3 is 0 Å². The number of halogens is 1. The van der Waals surface area contributed by atoms with Crippen LogP contribution in [0.2, 0.25) is 5.02 Å². The molecule has 1 aromatic heterocycles. The molecule has 0 radical (unpaired) electrons. The first-order valence-corrected chi connectivity index (χ1v) is 7.48. The van der Waals surface area contributed by atoms with Crippen molar-refractivity contribution in [1.82, 2.24) is 10.3 Å². The highest BCUT2D eigenvalue weighted by Gasteiger charge is 2.19. The minimum absolute atomic E-state index is 0.186. The summed E-state index contributed by atoms with van der Waals surface area (Å²) in [6, 6.07) is 2.09.